The van der Waals surface area contributed by atoms with Crippen LogP contribution in [0.5, 0.6) is 0 Å². The van der Waals surface area contributed by atoms with Crippen LogP contribution in [0.2, 0.25) is 0 Å². The first-order valence-electron chi connectivity index (χ1n) is 9.21. The Balaban J connectivity index is 1.71. The summed E-state index contributed by atoms with van der Waals surface area (Å²) >= 11 is 0. The van der Waals surface area contributed by atoms with Gasteiger partial charge in [0.1, 0.15) is 22.9 Å². The first kappa shape index (κ1) is 18.2. The van der Waals surface area contributed by atoms with Gasteiger partial charge in [0.15, 0.2) is 5.78 Å². The van der Waals surface area contributed by atoms with E-state index in [1.54, 1.807) is 16.5 Å². The first-order chi connectivity index (χ1) is 13.4. The van der Waals surface area contributed by atoms with E-state index in [4.69, 9.17) is 5.11 Å². The van der Waals surface area contributed by atoms with Crippen molar-refractivity contribution in [3.63, 3.8) is 0 Å². The van der Waals surface area contributed by atoms with Crippen molar-refractivity contribution in [3.8, 4) is 11.3 Å². The average Bonchev–Trinajstić information content (AvgIpc) is 3.07. The molecule has 1 N–H and O–H groups in total. The largest absolute Gasteiger partial charge is 0.465 e. The van der Waals surface area contributed by atoms with Crippen molar-refractivity contribution < 1.29 is 19.1 Å². The summed E-state index contributed by atoms with van der Waals surface area (Å²) in [5.74, 6) is -0.200. The maximum absolute atomic E-state index is 13.3. The first-order valence-corrected chi connectivity index (χ1v) is 9.21. The number of aromatic nitrogens is 2. The van der Waals surface area contributed by atoms with E-state index >= 15 is 0 Å². The molecule has 1 aliphatic rings. The summed E-state index contributed by atoms with van der Waals surface area (Å²) in [7, 11) is 0. The second kappa shape index (κ2) is 7.07. The molecule has 4 rings (SSSR count). The van der Waals surface area contributed by atoms with Crippen LogP contribution in [0.3, 0.4) is 0 Å². The maximum Gasteiger partial charge on any atom is 0.407 e. The summed E-state index contributed by atoms with van der Waals surface area (Å²) < 4.78 is 15.0. The number of imidazole rings is 1. The molecule has 1 aromatic carbocycles. The molecule has 1 saturated heterocycles. The third-order valence-corrected chi connectivity index (χ3v) is 5.34. The van der Waals surface area contributed by atoms with Gasteiger partial charge in [-0.3, -0.25) is 9.20 Å². The molecular weight excluding hydrogens is 361 g/mol. The van der Waals surface area contributed by atoms with Gasteiger partial charge in [0.05, 0.1) is 0 Å². The van der Waals surface area contributed by atoms with Gasteiger partial charge >= 0.3 is 6.09 Å². The minimum absolute atomic E-state index is 0.116. The van der Waals surface area contributed by atoms with Crippen LogP contribution in [0.15, 0.2) is 42.6 Å². The fraction of sp³-hybridized carbons (Fsp3) is 0.286. The molecule has 0 aliphatic carbocycles. The summed E-state index contributed by atoms with van der Waals surface area (Å²) in [6.07, 6.45) is 2.48. The fourth-order valence-electron chi connectivity index (χ4n) is 3.86. The number of carboxylic acid groups (broad SMARTS) is 1. The minimum Gasteiger partial charge on any atom is -0.465 e. The number of nitrogens with zero attached hydrogens (tertiary/aromatic N) is 3. The Kier molecular flexibility index (Phi) is 4.58. The number of hydrogen-bond donors (Lipinski definition) is 1. The molecule has 0 saturated carbocycles. The van der Waals surface area contributed by atoms with E-state index < -0.39 is 6.09 Å². The highest BCUT2D eigenvalue weighted by Crippen LogP contribution is 2.31. The van der Waals surface area contributed by atoms with Crippen molar-refractivity contribution in [1.29, 1.82) is 0 Å². The van der Waals surface area contributed by atoms with Crippen LogP contribution in [0.1, 0.15) is 41.7 Å². The average molecular weight is 381 g/mol. The zero-order valence-electron chi connectivity index (χ0n) is 15.4. The van der Waals surface area contributed by atoms with Crippen LogP contribution in [0.25, 0.3) is 16.9 Å². The molecule has 3 aromatic rings. The molecular formula is C21H20FN3O3. The summed E-state index contributed by atoms with van der Waals surface area (Å²) in [6, 6.07) is 9.87. The van der Waals surface area contributed by atoms with Gasteiger partial charge in [-0.2, -0.15) is 0 Å². The molecule has 6 nitrogen and oxygen atoms in total. The van der Waals surface area contributed by atoms with Crippen molar-refractivity contribution in [3.05, 3.63) is 59.7 Å². The lowest BCUT2D eigenvalue weighted by molar-refractivity contribution is 0.101. The number of piperidine rings is 1. The molecule has 0 radical (unpaired) electrons. The minimum atomic E-state index is -0.878. The van der Waals surface area contributed by atoms with E-state index in [0.29, 0.717) is 35.7 Å². The molecule has 144 valence electrons. The molecule has 0 bridgehead atoms. The normalized spacial score (nSPS) is 15.1. The Morgan fingerprint density at radius 1 is 1.14 bits per heavy atom. The number of carbonyl (C=O) groups is 2. The number of benzene rings is 1. The third-order valence-electron chi connectivity index (χ3n) is 5.34. The highest BCUT2D eigenvalue weighted by atomic mass is 19.1. The van der Waals surface area contributed by atoms with Gasteiger partial charge in [-0.15, -0.1) is 0 Å². The number of fused-ring (bicyclic) bond motifs is 1. The third kappa shape index (κ3) is 3.24. The van der Waals surface area contributed by atoms with E-state index in [0.717, 1.165) is 18.4 Å². The number of carbonyl (C=O) groups excluding carboxylic acids is 1. The fourth-order valence-corrected chi connectivity index (χ4v) is 3.86. The molecule has 1 amide bonds. The monoisotopic (exact) mass is 381 g/mol. The summed E-state index contributed by atoms with van der Waals surface area (Å²) in [4.78, 5) is 29.4. The Morgan fingerprint density at radius 2 is 1.82 bits per heavy atom. The maximum atomic E-state index is 13.3. The topological polar surface area (TPSA) is 74.9 Å². The van der Waals surface area contributed by atoms with Crippen molar-refractivity contribution in [2.24, 2.45) is 0 Å². The smallest absolute Gasteiger partial charge is 0.407 e. The second-order valence-electron chi connectivity index (χ2n) is 7.10. The van der Waals surface area contributed by atoms with Crippen LogP contribution in [-0.2, 0) is 0 Å². The molecule has 28 heavy (non-hydrogen) atoms. The molecule has 7 heteroatoms. The van der Waals surface area contributed by atoms with Gasteiger partial charge in [0.25, 0.3) is 0 Å². The van der Waals surface area contributed by atoms with E-state index in [1.165, 1.54) is 24.0 Å². The number of Topliss-reactive ketones (excluding diaryl/α,β-unsaturated/α-hetero) is 1. The van der Waals surface area contributed by atoms with E-state index in [9.17, 15) is 14.0 Å². The standard InChI is InChI=1S/C21H20FN3O3/c1-13(26)20-19(15-2-4-17(22)5-3-15)23-18-12-16(8-11-25(18)20)14-6-9-24(10-7-14)21(27)28/h2-5,8,11-12,14H,6-7,9-10H2,1H3,(H,27,28). The molecule has 0 atom stereocenters. The van der Waals surface area contributed by atoms with Crippen LogP contribution in [0, 0.1) is 5.82 Å². The zero-order chi connectivity index (χ0) is 19.8. The van der Waals surface area contributed by atoms with Gasteiger partial charge in [-0.25, -0.2) is 14.2 Å². The van der Waals surface area contributed by atoms with Crippen molar-refractivity contribution in [2.75, 3.05) is 13.1 Å². The van der Waals surface area contributed by atoms with Crippen LogP contribution >= 0.6 is 0 Å². The lowest BCUT2D eigenvalue weighted by Crippen LogP contribution is -2.36. The number of ketones is 1. The van der Waals surface area contributed by atoms with Crippen LogP contribution in [-0.4, -0.2) is 44.4 Å². The van der Waals surface area contributed by atoms with Crippen molar-refractivity contribution in [2.45, 2.75) is 25.7 Å². The summed E-state index contributed by atoms with van der Waals surface area (Å²) in [5, 5.41) is 9.10. The van der Waals surface area contributed by atoms with Crippen molar-refractivity contribution in [1.82, 2.24) is 14.3 Å². The predicted molar refractivity (Wildman–Crippen MR) is 102 cm³/mol. The molecule has 0 spiro atoms. The summed E-state index contributed by atoms with van der Waals surface area (Å²) in [5.41, 5.74) is 3.43. The van der Waals surface area contributed by atoms with E-state index in [-0.39, 0.29) is 17.5 Å². The van der Waals surface area contributed by atoms with Gasteiger partial charge < -0.3 is 10.0 Å². The molecule has 1 fully saturated rings. The number of rotatable bonds is 3. The van der Waals surface area contributed by atoms with Gasteiger partial charge in [-0.05, 0) is 60.7 Å². The van der Waals surface area contributed by atoms with Gasteiger partial charge in [0, 0.05) is 31.8 Å². The van der Waals surface area contributed by atoms with E-state index in [1.807, 2.05) is 18.3 Å². The summed E-state index contributed by atoms with van der Waals surface area (Å²) in [6.45, 7) is 2.52. The lowest BCUT2D eigenvalue weighted by atomic mass is 9.90. The number of pyridine rings is 1. The number of likely N-dealkylation sites (tertiary alicyclic amines) is 1. The Labute approximate surface area is 161 Å². The van der Waals surface area contributed by atoms with Crippen LogP contribution in [0.4, 0.5) is 9.18 Å². The number of halogens is 1. The lowest BCUT2D eigenvalue weighted by Gasteiger charge is -2.30. The number of amides is 1. The number of hydrogen-bond acceptors (Lipinski definition) is 3. The molecule has 1 aliphatic heterocycles. The van der Waals surface area contributed by atoms with Gasteiger partial charge in [-0.1, -0.05) is 0 Å². The van der Waals surface area contributed by atoms with Crippen LogP contribution < -0.4 is 0 Å². The highest BCUT2D eigenvalue weighted by Gasteiger charge is 2.24. The van der Waals surface area contributed by atoms with Crippen molar-refractivity contribution >= 4 is 17.5 Å². The Hall–Kier alpha value is -3.22. The molecule has 0 unspecified atom stereocenters. The zero-order valence-corrected chi connectivity index (χ0v) is 15.4. The quantitative estimate of drug-likeness (QED) is 0.690. The second-order valence-corrected chi connectivity index (χ2v) is 7.10. The van der Waals surface area contributed by atoms with Gasteiger partial charge in [0.2, 0.25) is 0 Å². The predicted octanol–water partition coefficient (Wildman–Crippen LogP) is 4.20. The highest BCUT2D eigenvalue weighted by molar-refractivity contribution is 5.99. The molecule has 3 heterocycles. The Morgan fingerprint density at radius 3 is 2.43 bits per heavy atom. The SMILES string of the molecule is CC(=O)c1c(-c2ccc(F)cc2)nc2cc(C3CCN(C(=O)O)CC3)ccn12. The Bertz CT molecular complexity index is 1050. The van der Waals surface area contributed by atoms with E-state index in [2.05, 4.69) is 4.98 Å². The molecule has 2 aromatic heterocycles.